The van der Waals surface area contributed by atoms with E-state index in [-0.39, 0.29) is 38.8 Å². The quantitative estimate of drug-likeness (QED) is 0.592. The summed E-state index contributed by atoms with van der Waals surface area (Å²) in [6, 6.07) is 4.45. The van der Waals surface area contributed by atoms with Gasteiger partial charge in [0, 0.05) is 24.2 Å². The number of nitrogens with zero attached hydrogens (tertiary/aromatic N) is 3. The lowest BCUT2D eigenvalue weighted by atomic mass is 9.96. The minimum atomic E-state index is -0.670. The number of aromatic amines is 2. The molecule has 30 heavy (non-hydrogen) atoms. The molecule has 11 heteroatoms. The molecule has 0 spiro atoms. The Bertz CT molecular complexity index is 1240. The highest BCUT2D eigenvalue weighted by Crippen LogP contribution is 2.39. The lowest BCUT2D eigenvalue weighted by Crippen LogP contribution is -2.31. The van der Waals surface area contributed by atoms with Gasteiger partial charge in [0.1, 0.15) is 0 Å². The first-order chi connectivity index (χ1) is 14.2. The van der Waals surface area contributed by atoms with Gasteiger partial charge in [-0.2, -0.15) is 5.10 Å². The maximum atomic E-state index is 12.1. The molecule has 3 rings (SSSR count). The van der Waals surface area contributed by atoms with Gasteiger partial charge in [0.25, 0.3) is 11.1 Å². The van der Waals surface area contributed by atoms with Gasteiger partial charge in [0.05, 0.1) is 10.0 Å². The molecule has 158 valence electrons. The Balaban J connectivity index is 2.01. The molecule has 2 heterocycles. The number of hydrogen-bond acceptors (Lipinski definition) is 6. The van der Waals surface area contributed by atoms with Gasteiger partial charge < -0.3 is 4.74 Å². The molecular formula is C19H19Cl2N5O4. The Hall–Kier alpha value is -2.91. The number of ether oxygens (including phenoxy) is 1. The summed E-state index contributed by atoms with van der Waals surface area (Å²) in [4.78, 5) is 37.9. The highest BCUT2D eigenvalue weighted by Gasteiger charge is 2.18. The van der Waals surface area contributed by atoms with Crippen LogP contribution in [0.25, 0.3) is 11.3 Å². The molecule has 0 saturated heterocycles. The van der Waals surface area contributed by atoms with Crippen molar-refractivity contribution >= 4 is 23.2 Å². The summed E-state index contributed by atoms with van der Waals surface area (Å²) in [5.74, 6) is 0.305. The molecule has 2 aromatic heterocycles. The number of nitrogens with one attached hydrogen (secondary N) is 2. The fourth-order valence-electron chi connectivity index (χ4n) is 3.05. The largest absolute Gasteiger partial charge is 0.434 e. The van der Waals surface area contributed by atoms with Crippen molar-refractivity contribution in [3.63, 3.8) is 0 Å². The molecule has 0 radical (unpaired) electrons. The Labute approximate surface area is 180 Å². The molecule has 0 fully saturated rings. The number of rotatable bonds is 6. The van der Waals surface area contributed by atoms with Crippen molar-refractivity contribution in [2.75, 3.05) is 0 Å². The summed E-state index contributed by atoms with van der Waals surface area (Å²) < 4.78 is 6.72. The Morgan fingerprint density at radius 3 is 2.30 bits per heavy atom. The monoisotopic (exact) mass is 451 g/mol. The predicted octanol–water partition coefficient (Wildman–Crippen LogP) is 3.22. The summed E-state index contributed by atoms with van der Waals surface area (Å²) in [5, 5.41) is 10.5. The van der Waals surface area contributed by atoms with Crippen LogP contribution in [0.3, 0.4) is 0 Å². The van der Waals surface area contributed by atoms with Crippen LogP contribution in [0.2, 0.25) is 10.0 Å². The third-order valence-corrected chi connectivity index (χ3v) is 5.25. The van der Waals surface area contributed by atoms with E-state index in [1.165, 1.54) is 19.2 Å². The molecule has 0 bridgehead atoms. The lowest BCUT2D eigenvalue weighted by molar-refractivity contribution is 0.451. The van der Waals surface area contributed by atoms with Crippen molar-refractivity contribution in [3.05, 3.63) is 65.0 Å². The number of aromatic nitrogens is 5. The van der Waals surface area contributed by atoms with Crippen LogP contribution in [0, 0.1) is 0 Å². The van der Waals surface area contributed by atoms with Gasteiger partial charge in [-0.25, -0.2) is 14.6 Å². The molecule has 0 amide bonds. The standard InChI is InChI=1S/C19H19Cl2N5O4/c1-4-9(5-2)11-8-14(23-24-17(11)27)30-16-12(20)6-10(7-13(16)21)15-18(28)22-19(29)26(3)25-15/h6-9H,4-5H2,1-3H3,(H,24,27)(H,22,28,29). The normalized spacial score (nSPS) is 11.1. The van der Waals surface area contributed by atoms with E-state index < -0.39 is 11.2 Å². The number of halogens is 2. The van der Waals surface area contributed by atoms with Crippen molar-refractivity contribution in [3.8, 4) is 22.9 Å². The van der Waals surface area contributed by atoms with Crippen molar-refractivity contribution in [2.24, 2.45) is 7.05 Å². The molecule has 3 aromatic rings. The van der Waals surface area contributed by atoms with E-state index in [0.717, 1.165) is 17.5 Å². The summed E-state index contributed by atoms with van der Waals surface area (Å²) in [6.07, 6.45) is 1.58. The van der Waals surface area contributed by atoms with Crippen molar-refractivity contribution in [1.29, 1.82) is 0 Å². The topological polar surface area (TPSA) is 123 Å². The first-order valence-electron chi connectivity index (χ1n) is 9.19. The van der Waals surface area contributed by atoms with E-state index in [9.17, 15) is 14.4 Å². The Morgan fingerprint density at radius 2 is 1.70 bits per heavy atom. The van der Waals surface area contributed by atoms with Gasteiger partial charge in [-0.05, 0) is 30.9 Å². The van der Waals surface area contributed by atoms with E-state index >= 15 is 0 Å². The third kappa shape index (κ3) is 4.31. The van der Waals surface area contributed by atoms with E-state index in [1.807, 2.05) is 13.8 Å². The maximum Gasteiger partial charge on any atom is 0.344 e. The van der Waals surface area contributed by atoms with Crippen molar-refractivity contribution in [1.82, 2.24) is 25.0 Å². The van der Waals surface area contributed by atoms with E-state index in [4.69, 9.17) is 27.9 Å². The van der Waals surface area contributed by atoms with Gasteiger partial charge >= 0.3 is 5.69 Å². The van der Waals surface area contributed by atoms with Crippen LogP contribution in [0.1, 0.15) is 38.2 Å². The zero-order valence-corrected chi connectivity index (χ0v) is 18.0. The van der Waals surface area contributed by atoms with Gasteiger partial charge in [-0.3, -0.25) is 14.6 Å². The van der Waals surface area contributed by atoms with Crippen LogP contribution in [0.4, 0.5) is 0 Å². The lowest BCUT2D eigenvalue weighted by Gasteiger charge is -2.14. The van der Waals surface area contributed by atoms with Crippen LogP contribution < -0.4 is 21.5 Å². The summed E-state index contributed by atoms with van der Waals surface area (Å²) in [6.45, 7) is 3.99. The predicted molar refractivity (Wildman–Crippen MR) is 114 cm³/mol. The van der Waals surface area contributed by atoms with Gasteiger partial charge in [-0.15, -0.1) is 5.10 Å². The highest BCUT2D eigenvalue weighted by atomic mass is 35.5. The second kappa shape index (κ2) is 8.85. The number of hydrogen-bond donors (Lipinski definition) is 2. The molecule has 0 saturated carbocycles. The van der Waals surface area contributed by atoms with Crippen LogP contribution in [-0.4, -0.2) is 25.0 Å². The molecule has 1 aromatic carbocycles. The van der Waals surface area contributed by atoms with Gasteiger partial charge in [0.15, 0.2) is 11.4 Å². The van der Waals surface area contributed by atoms with Crippen molar-refractivity contribution in [2.45, 2.75) is 32.6 Å². The molecule has 0 aliphatic rings. The second-order valence-corrected chi connectivity index (χ2v) is 7.42. The highest BCUT2D eigenvalue weighted by molar-refractivity contribution is 6.37. The van der Waals surface area contributed by atoms with Crippen molar-refractivity contribution < 1.29 is 4.74 Å². The second-order valence-electron chi connectivity index (χ2n) is 6.61. The van der Waals surface area contributed by atoms with Crippen LogP contribution in [0.15, 0.2) is 32.6 Å². The maximum absolute atomic E-state index is 12.1. The van der Waals surface area contributed by atoms with E-state index in [0.29, 0.717) is 11.1 Å². The van der Waals surface area contributed by atoms with Crippen LogP contribution in [0.5, 0.6) is 11.6 Å². The molecule has 0 unspecified atom stereocenters. The fourth-order valence-corrected chi connectivity index (χ4v) is 3.62. The van der Waals surface area contributed by atoms with Gasteiger partial charge in [-0.1, -0.05) is 37.0 Å². The molecule has 0 aliphatic carbocycles. The molecule has 9 nitrogen and oxygen atoms in total. The number of aryl methyl sites for hydroxylation is 1. The Morgan fingerprint density at radius 1 is 1.07 bits per heavy atom. The van der Waals surface area contributed by atoms with Crippen LogP contribution in [-0.2, 0) is 7.05 Å². The Kier molecular flexibility index (Phi) is 6.42. The first kappa shape index (κ1) is 21.8. The van der Waals surface area contributed by atoms with E-state index in [2.05, 4.69) is 20.3 Å². The average Bonchev–Trinajstić information content (AvgIpc) is 2.70. The molecule has 2 N–H and O–H groups in total. The SMILES string of the molecule is CCC(CC)c1cc(Oc2c(Cl)cc(-c3nn(C)c(=O)[nH]c3=O)cc2Cl)n[nH]c1=O. The summed E-state index contributed by atoms with van der Waals surface area (Å²) >= 11 is 12.7. The minimum Gasteiger partial charge on any atom is -0.434 e. The average molecular weight is 452 g/mol. The smallest absolute Gasteiger partial charge is 0.344 e. The zero-order chi connectivity index (χ0) is 22.0. The summed E-state index contributed by atoms with van der Waals surface area (Å²) in [7, 11) is 1.40. The number of benzene rings is 1. The molecule has 0 atom stereocenters. The van der Waals surface area contributed by atoms with Gasteiger partial charge in [0.2, 0.25) is 5.88 Å². The summed E-state index contributed by atoms with van der Waals surface area (Å²) in [5.41, 5.74) is -0.736. The van der Waals surface area contributed by atoms with E-state index in [1.54, 1.807) is 6.07 Å². The molecule has 0 aliphatic heterocycles. The van der Waals surface area contributed by atoms with Crippen LogP contribution >= 0.6 is 23.2 Å². The fraction of sp³-hybridized carbons (Fsp3) is 0.316. The minimum absolute atomic E-state index is 0.0226. The first-order valence-corrected chi connectivity index (χ1v) is 9.95. The number of H-pyrrole nitrogens is 2. The third-order valence-electron chi connectivity index (χ3n) is 4.69. The zero-order valence-electron chi connectivity index (χ0n) is 16.5. The molecular weight excluding hydrogens is 433 g/mol.